The molecule has 2 aromatic rings. The molecular formula is C18H17ClN4O6S. The summed E-state index contributed by atoms with van der Waals surface area (Å²) in [5.74, 6) is -0.631. The van der Waals surface area contributed by atoms with Crippen molar-refractivity contribution in [3.05, 3.63) is 68.7 Å². The number of rotatable bonds is 6. The summed E-state index contributed by atoms with van der Waals surface area (Å²) >= 11 is 5.75. The summed E-state index contributed by atoms with van der Waals surface area (Å²) in [6.07, 6.45) is 1.22. The molecule has 1 fully saturated rings. The molecule has 1 aliphatic rings. The predicted molar refractivity (Wildman–Crippen MR) is 109 cm³/mol. The Hall–Kier alpha value is -2.86. The van der Waals surface area contributed by atoms with Crippen molar-refractivity contribution in [3.8, 4) is 0 Å². The molecule has 0 atom stereocenters. The first-order valence-electron chi connectivity index (χ1n) is 8.74. The van der Waals surface area contributed by atoms with Gasteiger partial charge in [0.05, 0.1) is 29.2 Å². The second-order valence-electron chi connectivity index (χ2n) is 6.21. The number of nitro benzene ring substituents is 1. The molecule has 3 rings (SSSR count). The van der Waals surface area contributed by atoms with Gasteiger partial charge in [0.1, 0.15) is 5.02 Å². The van der Waals surface area contributed by atoms with E-state index in [1.165, 1.54) is 53.0 Å². The number of hydrogen-bond donors (Lipinski definition) is 1. The number of benzene rings is 2. The highest BCUT2D eigenvalue weighted by molar-refractivity contribution is 7.89. The van der Waals surface area contributed by atoms with E-state index in [4.69, 9.17) is 16.3 Å². The molecule has 30 heavy (non-hydrogen) atoms. The normalized spacial score (nSPS) is 15.2. The lowest BCUT2D eigenvalue weighted by molar-refractivity contribution is -0.384. The molecule has 10 nitrogen and oxygen atoms in total. The first kappa shape index (κ1) is 21.8. The van der Waals surface area contributed by atoms with E-state index in [0.717, 1.165) is 0 Å². The van der Waals surface area contributed by atoms with E-state index in [1.54, 1.807) is 0 Å². The van der Waals surface area contributed by atoms with Gasteiger partial charge in [0.2, 0.25) is 10.0 Å². The summed E-state index contributed by atoms with van der Waals surface area (Å²) in [5, 5.41) is 14.7. The Kier molecular flexibility index (Phi) is 6.77. The van der Waals surface area contributed by atoms with Crippen molar-refractivity contribution < 1.29 is 22.9 Å². The number of nitrogens with zero attached hydrogens (tertiary/aromatic N) is 3. The van der Waals surface area contributed by atoms with Crippen LogP contribution in [0.25, 0.3) is 0 Å². The van der Waals surface area contributed by atoms with Crippen LogP contribution >= 0.6 is 11.6 Å². The van der Waals surface area contributed by atoms with E-state index < -0.39 is 20.9 Å². The van der Waals surface area contributed by atoms with Crippen LogP contribution in [0.15, 0.2) is 52.5 Å². The molecule has 0 aromatic heterocycles. The second-order valence-corrected chi connectivity index (χ2v) is 8.56. The maximum absolute atomic E-state index is 12.7. The SMILES string of the molecule is O=C(NN=Cc1ccc(Cl)c([N+](=O)[O-])c1)c1cccc(S(=O)(=O)N2CCOCC2)c1. The van der Waals surface area contributed by atoms with Gasteiger partial charge in [0, 0.05) is 30.3 Å². The molecule has 1 heterocycles. The highest BCUT2D eigenvalue weighted by Crippen LogP contribution is 2.24. The van der Waals surface area contributed by atoms with Gasteiger partial charge in [-0.3, -0.25) is 14.9 Å². The molecular weight excluding hydrogens is 436 g/mol. The summed E-state index contributed by atoms with van der Waals surface area (Å²) in [6.45, 7) is 1.13. The number of carbonyl (C=O) groups is 1. The van der Waals surface area contributed by atoms with Gasteiger partial charge in [-0.25, -0.2) is 13.8 Å². The summed E-state index contributed by atoms with van der Waals surface area (Å²) < 4.78 is 31.9. The van der Waals surface area contributed by atoms with E-state index in [0.29, 0.717) is 18.8 Å². The minimum Gasteiger partial charge on any atom is -0.379 e. The lowest BCUT2D eigenvalue weighted by Crippen LogP contribution is -2.40. The highest BCUT2D eigenvalue weighted by Gasteiger charge is 2.26. The smallest absolute Gasteiger partial charge is 0.288 e. The van der Waals surface area contributed by atoms with Gasteiger partial charge in [0.15, 0.2) is 0 Å². The molecule has 0 unspecified atom stereocenters. The highest BCUT2D eigenvalue weighted by atomic mass is 35.5. The maximum atomic E-state index is 12.7. The fourth-order valence-electron chi connectivity index (χ4n) is 2.71. The van der Waals surface area contributed by atoms with E-state index in [2.05, 4.69) is 10.5 Å². The molecule has 1 amide bonds. The number of carbonyl (C=O) groups excluding carboxylic acids is 1. The Bertz CT molecular complexity index is 1100. The number of ether oxygens (including phenoxy) is 1. The molecule has 0 bridgehead atoms. The standard InChI is InChI=1S/C18H17ClN4O6S/c19-16-5-4-13(10-17(16)23(25)26)12-20-21-18(24)14-2-1-3-15(11-14)30(27,28)22-6-8-29-9-7-22/h1-5,10-12H,6-9H2,(H,21,24). The molecule has 1 aliphatic heterocycles. The van der Waals surface area contributed by atoms with Crippen LogP contribution in [0.1, 0.15) is 15.9 Å². The molecule has 12 heteroatoms. The first-order chi connectivity index (χ1) is 14.3. The average molecular weight is 453 g/mol. The molecule has 1 saturated heterocycles. The minimum atomic E-state index is -3.74. The van der Waals surface area contributed by atoms with E-state index in [1.807, 2.05) is 0 Å². The van der Waals surface area contributed by atoms with Crippen molar-refractivity contribution in [2.45, 2.75) is 4.90 Å². The summed E-state index contributed by atoms with van der Waals surface area (Å²) in [7, 11) is -3.74. The van der Waals surface area contributed by atoms with Crippen molar-refractivity contribution >= 4 is 39.4 Å². The van der Waals surface area contributed by atoms with E-state index >= 15 is 0 Å². The Labute approximate surface area is 177 Å². The third-order valence-corrected chi connectivity index (χ3v) is 6.46. The third-order valence-electron chi connectivity index (χ3n) is 4.25. The number of halogens is 1. The number of morpholine rings is 1. The summed E-state index contributed by atoms with van der Waals surface area (Å²) in [5.41, 5.74) is 2.44. The average Bonchev–Trinajstić information content (AvgIpc) is 2.75. The number of hydrazone groups is 1. The van der Waals surface area contributed by atoms with Crippen molar-refractivity contribution in [3.63, 3.8) is 0 Å². The molecule has 0 spiro atoms. The number of nitro groups is 1. The fraction of sp³-hybridized carbons (Fsp3) is 0.222. The molecule has 0 aliphatic carbocycles. The zero-order valence-corrected chi connectivity index (χ0v) is 17.1. The van der Waals surface area contributed by atoms with Gasteiger partial charge in [-0.1, -0.05) is 23.7 Å². The van der Waals surface area contributed by atoms with Crippen LogP contribution in [-0.4, -0.2) is 56.1 Å². The Morgan fingerprint density at radius 1 is 1.23 bits per heavy atom. The molecule has 0 saturated carbocycles. The fourth-order valence-corrected chi connectivity index (χ4v) is 4.35. The largest absolute Gasteiger partial charge is 0.379 e. The summed E-state index contributed by atoms with van der Waals surface area (Å²) in [4.78, 5) is 22.6. The monoisotopic (exact) mass is 452 g/mol. The van der Waals surface area contributed by atoms with Crippen LogP contribution in [-0.2, 0) is 14.8 Å². The topological polar surface area (TPSA) is 131 Å². The molecule has 0 radical (unpaired) electrons. The van der Waals surface area contributed by atoms with Crippen LogP contribution in [0.3, 0.4) is 0 Å². The minimum absolute atomic E-state index is 0.00523. The zero-order valence-electron chi connectivity index (χ0n) is 15.5. The van der Waals surface area contributed by atoms with Crippen molar-refractivity contribution in [1.82, 2.24) is 9.73 Å². The van der Waals surface area contributed by atoms with Crippen molar-refractivity contribution in [2.75, 3.05) is 26.3 Å². The van der Waals surface area contributed by atoms with E-state index in [-0.39, 0.29) is 34.3 Å². The number of hydrogen-bond acceptors (Lipinski definition) is 7. The Morgan fingerprint density at radius 3 is 2.67 bits per heavy atom. The zero-order chi connectivity index (χ0) is 21.7. The number of amides is 1. The van der Waals surface area contributed by atoms with Gasteiger partial charge in [-0.15, -0.1) is 0 Å². The van der Waals surface area contributed by atoms with Gasteiger partial charge in [-0.2, -0.15) is 9.41 Å². The predicted octanol–water partition coefficient (Wildman–Crippen LogP) is 2.03. The maximum Gasteiger partial charge on any atom is 0.288 e. The van der Waals surface area contributed by atoms with Crippen LogP contribution < -0.4 is 5.43 Å². The number of nitrogens with one attached hydrogen (secondary N) is 1. The second kappa shape index (κ2) is 9.30. The molecule has 2 aromatic carbocycles. The lowest BCUT2D eigenvalue weighted by atomic mass is 10.2. The lowest BCUT2D eigenvalue weighted by Gasteiger charge is -2.26. The molecule has 158 valence electrons. The van der Waals surface area contributed by atoms with Gasteiger partial charge in [-0.05, 0) is 24.3 Å². The summed E-state index contributed by atoms with van der Waals surface area (Å²) in [6, 6.07) is 9.67. The number of sulfonamides is 1. The van der Waals surface area contributed by atoms with Gasteiger partial charge >= 0.3 is 0 Å². The van der Waals surface area contributed by atoms with E-state index in [9.17, 15) is 23.3 Å². The molecule has 1 N–H and O–H groups in total. The van der Waals surface area contributed by atoms with Crippen LogP contribution in [0, 0.1) is 10.1 Å². The van der Waals surface area contributed by atoms with Crippen LogP contribution in [0.4, 0.5) is 5.69 Å². The van der Waals surface area contributed by atoms with Crippen LogP contribution in [0.2, 0.25) is 5.02 Å². The van der Waals surface area contributed by atoms with Crippen molar-refractivity contribution in [1.29, 1.82) is 0 Å². The van der Waals surface area contributed by atoms with Crippen molar-refractivity contribution in [2.24, 2.45) is 5.10 Å². The quantitative estimate of drug-likeness (QED) is 0.405. The Balaban J connectivity index is 1.72. The van der Waals surface area contributed by atoms with Crippen LogP contribution in [0.5, 0.6) is 0 Å². The van der Waals surface area contributed by atoms with Gasteiger partial charge in [0.25, 0.3) is 11.6 Å². The Morgan fingerprint density at radius 2 is 1.97 bits per heavy atom. The van der Waals surface area contributed by atoms with Gasteiger partial charge < -0.3 is 4.74 Å². The third kappa shape index (κ3) is 5.00. The first-order valence-corrected chi connectivity index (χ1v) is 10.6.